The lowest BCUT2D eigenvalue weighted by Gasteiger charge is -2.16. The molecule has 27 heavy (non-hydrogen) atoms. The van der Waals surface area contributed by atoms with Crippen LogP contribution in [0.25, 0.3) is 5.65 Å². The van der Waals surface area contributed by atoms with Crippen LogP contribution in [-0.2, 0) is 15.5 Å². The van der Waals surface area contributed by atoms with E-state index in [4.69, 9.17) is 4.55 Å². The second kappa shape index (κ2) is 7.26. The fourth-order valence-corrected chi connectivity index (χ4v) is 4.47. The van der Waals surface area contributed by atoms with Gasteiger partial charge in [-0.05, 0) is 6.92 Å². The van der Waals surface area contributed by atoms with Crippen molar-refractivity contribution in [2.24, 2.45) is 10.2 Å². The number of azo groups is 1. The van der Waals surface area contributed by atoms with Crippen LogP contribution in [0.2, 0.25) is 0 Å². The van der Waals surface area contributed by atoms with E-state index in [9.17, 15) is 8.42 Å². The molecule has 0 aliphatic carbocycles. The SMILES string of the molecule is Cc1nnc2c(N=Nc3nc(SCCS(=O)(=O)O)ns3)c(C(C)(C)C)[nH]n12. The lowest BCUT2D eigenvalue weighted by atomic mass is 9.91. The van der Waals surface area contributed by atoms with E-state index in [-0.39, 0.29) is 16.9 Å². The summed E-state index contributed by atoms with van der Waals surface area (Å²) in [5.74, 6) is 0.499. The van der Waals surface area contributed by atoms with E-state index in [2.05, 4.69) is 55.7 Å². The highest BCUT2D eigenvalue weighted by molar-refractivity contribution is 8.00. The van der Waals surface area contributed by atoms with Gasteiger partial charge in [0.2, 0.25) is 15.9 Å². The summed E-state index contributed by atoms with van der Waals surface area (Å²) < 4.78 is 36.1. The molecule has 0 spiro atoms. The van der Waals surface area contributed by atoms with E-state index < -0.39 is 10.1 Å². The molecule has 0 saturated carbocycles. The van der Waals surface area contributed by atoms with E-state index in [0.717, 1.165) is 29.0 Å². The molecule has 0 aliphatic heterocycles. The van der Waals surface area contributed by atoms with Crippen molar-refractivity contribution in [2.75, 3.05) is 11.5 Å². The maximum absolute atomic E-state index is 10.7. The second-order valence-electron chi connectivity index (χ2n) is 6.69. The van der Waals surface area contributed by atoms with Crippen LogP contribution >= 0.6 is 23.3 Å². The average molecular weight is 431 g/mol. The van der Waals surface area contributed by atoms with Crippen molar-refractivity contribution in [2.45, 2.75) is 38.3 Å². The summed E-state index contributed by atoms with van der Waals surface area (Å²) in [6.07, 6.45) is 0. The minimum Gasteiger partial charge on any atom is -0.292 e. The Morgan fingerprint density at radius 2 is 2.04 bits per heavy atom. The molecule has 2 N–H and O–H groups in total. The fraction of sp³-hybridized carbons (Fsp3) is 0.538. The Hall–Kier alpha value is -1.90. The average Bonchev–Trinajstić information content (AvgIpc) is 3.20. The van der Waals surface area contributed by atoms with Crippen molar-refractivity contribution in [3.8, 4) is 0 Å². The molecule has 0 saturated heterocycles. The third kappa shape index (κ3) is 4.69. The van der Waals surface area contributed by atoms with Crippen LogP contribution < -0.4 is 0 Å². The topological polar surface area (TPSA) is 151 Å². The number of nitrogens with zero attached hydrogens (tertiary/aromatic N) is 7. The molecule has 0 atom stereocenters. The molecule has 146 valence electrons. The molecule has 3 rings (SSSR count). The maximum atomic E-state index is 10.7. The zero-order chi connectivity index (χ0) is 19.8. The molecule has 3 heterocycles. The standard InChI is InChI=1S/C13H18N8O3S3/c1-7-15-17-10-8(9(13(2,3)4)19-21(7)10)16-18-11-14-12(20-26-11)25-5-6-27(22,23)24/h19H,5-6H2,1-4H3,(H,22,23,24). The smallest absolute Gasteiger partial charge is 0.265 e. The minimum absolute atomic E-state index is 0.151. The summed E-state index contributed by atoms with van der Waals surface area (Å²) in [7, 11) is -4.00. The summed E-state index contributed by atoms with van der Waals surface area (Å²) in [5.41, 5.74) is 1.82. The van der Waals surface area contributed by atoms with Crippen LogP contribution in [0.1, 0.15) is 32.3 Å². The lowest BCUT2D eigenvalue weighted by molar-refractivity contribution is 0.485. The minimum atomic E-state index is -4.00. The van der Waals surface area contributed by atoms with Crippen molar-refractivity contribution < 1.29 is 13.0 Å². The first-order chi connectivity index (χ1) is 12.5. The second-order valence-corrected chi connectivity index (χ2v) is 10.1. The van der Waals surface area contributed by atoms with Gasteiger partial charge in [0.05, 0.1) is 11.4 Å². The van der Waals surface area contributed by atoms with Gasteiger partial charge in [-0.1, -0.05) is 32.5 Å². The number of H-pyrrole nitrogens is 1. The Labute approximate surface area is 163 Å². The van der Waals surface area contributed by atoms with Crippen molar-refractivity contribution in [3.05, 3.63) is 11.5 Å². The van der Waals surface area contributed by atoms with Gasteiger partial charge in [-0.2, -0.15) is 17.8 Å². The summed E-state index contributed by atoms with van der Waals surface area (Å²) in [4.78, 5) is 4.19. The summed E-state index contributed by atoms with van der Waals surface area (Å²) in [5, 5.41) is 20.6. The largest absolute Gasteiger partial charge is 0.292 e. The van der Waals surface area contributed by atoms with Gasteiger partial charge in [0.25, 0.3) is 10.1 Å². The van der Waals surface area contributed by atoms with Crippen molar-refractivity contribution in [1.82, 2.24) is 29.2 Å². The Balaban J connectivity index is 1.82. The third-order valence-electron chi connectivity index (χ3n) is 3.45. The molecular weight excluding hydrogens is 412 g/mol. The quantitative estimate of drug-likeness (QED) is 0.344. The third-order valence-corrected chi connectivity index (χ3v) is 6.00. The number of aromatic nitrogens is 6. The number of fused-ring (bicyclic) bond motifs is 1. The van der Waals surface area contributed by atoms with Gasteiger partial charge >= 0.3 is 0 Å². The number of hydrogen-bond acceptors (Lipinski definition) is 10. The summed E-state index contributed by atoms with van der Waals surface area (Å²) in [6, 6.07) is 0. The van der Waals surface area contributed by atoms with Gasteiger partial charge in [-0.3, -0.25) is 9.65 Å². The first kappa shape index (κ1) is 19.9. The highest BCUT2D eigenvalue weighted by Gasteiger charge is 2.25. The molecule has 0 aliphatic rings. The van der Waals surface area contributed by atoms with Crippen molar-refractivity contribution in [1.29, 1.82) is 0 Å². The van der Waals surface area contributed by atoms with Crippen LogP contribution in [0, 0.1) is 6.92 Å². The maximum Gasteiger partial charge on any atom is 0.265 e. The van der Waals surface area contributed by atoms with Crippen molar-refractivity contribution >= 4 is 49.9 Å². The zero-order valence-electron chi connectivity index (χ0n) is 15.0. The molecular formula is C13H18N8O3S3. The number of thioether (sulfide) groups is 1. The van der Waals surface area contributed by atoms with Crippen LogP contribution in [0.15, 0.2) is 15.4 Å². The molecule has 11 nitrogen and oxygen atoms in total. The molecule has 0 fully saturated rings. The van der Waals surface area contributed by atoms with Crippen molar-refractivity contribution in [3.63, 3.8) is 0 Å². The van der Waals surface area contributed by atoms with E-state index in [1.165, 1.54) is 0 Å². The molecule has 0 unspecified atom stereocenters. The predicted molar refractivity (Wildman–Crippen MR) is 102 cm³/mol. The van der Waals surface area contributed by atoms with Crippen LogP contribution in [0.4, 0.5) is 10.8 Å². The summed E-state index contributed by atoms with van der Waals surface area (Å²) in [6.45, 7) is 7.99. The van der Waals surface area contributed by atoms with Gasteiger partial charge in [0, 0.05) is 22.7 Å². The van der Waals surface area contributed by atoms with Gasteiger partial charge in [-0.25, -0.2) is 4.52 Å². The fourth-order valence-electron chi connectivity index (χ4n) is 2.18. The Kier molecular flexibility index (Phi) is 5.33. The van der Waals surface area contributed by atoms with E-state index >= 15 is 0 Å². The highest BCUT2D eigenvalue weighted by atomic mass is 32.2. The molecule has 0 bridgehead atoms. The normalized spacial score (nSPS) is 13.2. The predicted octanol–water partition coefficient (Wildman–Crippen LogP) is 2.91. The summed E-state index contributed by atoms with van der Waals surface area (Å²) >= 11 is 2.17. The molecule has 0 radical (unpaired) electrons. The molecule has 3 aromatic heterocycles. The Morgan fingerprint density at radius 3 is 2.70 bits per heavy atom. The molecule has 14 heteroatoms. The number of hydrogen-bond donors (Lipinski definition) is 2. The number of nitrogens with one attached hydrogen (secondary N) is 1. The number of rotatable bonds is 6. The van der Waals surface area contributed by atoms with Gasteiger partial charge in [-0.15, -0.1) is 20.4 Å². The number of aryl methyl sites for hydroxylation is 1. The zero-order valence-corrected chi connectivity index (χ0v) is 17.5. The lowest BCUT2D eigenvalue weighted by Crippen LogP contribution is -2.12. The first-order valence-electron chi connectivity index (χ1n) is 7.82. The molecule has 0 amide bonds. The van der Waals surface area contributed by atoms with E-state index in [1.807, 2.05) is 6.92 Å². The van der Waals surface area contributed by atoms with Crippen LogP contribution in [0.3, 0.4) is 0 Å². The number of aromatic amines is 1. The van der Waals surface area contributed by atoms with Gasteiger partial charge in [0.15, 0.2) is 5.69 Å². The van der Waals surface area contributed by atoms with Gasteiger partial charge in [0.1, 0.15) is 5.82 Å². The Bertz CT molecular complexity index is 1090. The molecule has 3 aromatic rings. The Morgan fingerprint density at radius 1 is 1.30 bits per heavy atom. The van der Waals surface area contributed by atoms with Crippen LogP contribution in [-0.4, -0.2) is 53.6 Å². The van der Waals surface area contributed by atoms with Crippen LogP contribution in [0.5, 0.6) is 0 Å². The van der Waals surface area contributed by atoms with Gasteiger partial charge < -0.3 is 0 Å². The molecule has 0 aromatic carbocycles. The monoisotopic (exact) mass is 430 g/mol. The van der Waals surface area contributed by atoms with E-state index in [0.29, 0.717) is 27.4 Å². The highest BCUT2D eigenvalue weighted by Crippen LogP contribution is 2.35. The van der Waals surface area contributed by atoms with E-state index in [1.54, 1.807) is 4.52 Å². The first-order valence-corrected chi connectivity index (χ1v) is 11.2.